The molecule has 1 heterocycles. The molecule has 158 valence electrons. The normalized spacial score (nSPS) is 24.7. The number of ether oxygens (including phenoxy) is 2. The summed E-state index contributed by atoms with van der Waals surface area (Å²) in [6, 6.07) is -0.307. The van der Waals surface area contributed by atoms with Crippen LogP contribution in [0.1, 0.15) is 62.3 Å². The number of carbonyl (C=O) groups excluding carboxylic acids is 2. The standard InChI is InChI=1S/C20H39NO5Si/c1-10-24-12(11-22)15(25-19(5,6)7)14-13(17(23)21-14)16(18(2,3)4)20(8,9)26-27/h11-16H,10H2,1-9,27H3,(H,21,23)/t12?,13-,14+,15?,16-/m1/s1. The monoisotopic (exact) mass is 401 g/mol. The fourth-order valence-electron chi connectivity index (χ4n) is 4.36. The molecule has 0 spiro atoms. The van der Waals surface area contributed by atoms with E-state index in [1.54, 1.807) is 0 Å². The van der Waals surface area contributed by atoms with Crippen LogP contribution in [0, 0.1) is 17.3 Å². The number of aldehydes is 1. The van der Waals surface area contributed by atoms with Crippen molar-refractivity contribution in [2.75, 3.05) is 6.61 Å². The van der Waals surface area contributed by atoms with Crippen LogP contribution in [0.3, 0.4) is 0 Å². The molecule has 0 aromatic rings. The SMILES string of the molecule is CCOC(C=O)C(OC(C)(C)C)[C@H]1NC(=O)[C@H]1[C@H](C(C)(C)C)C(C)(C)O[SiH3]. The van der Waals surface area contributed by atoms with Gasteiger partial charge < -0.3 is 24.0 Å². The van der Waals surface area contributed by atoms with Crippen LogP contribution in [0.5, 0.6) is 0 Å². The summed E-state index contributed by atoms with van der Waals surface area (Å²) in [5.74, 6) is -0.374. The maximum atomic E-state index is 12.7. The number of hydrogen-bond donors (Lipinski definition) is 1. The maximum absolute atomic E-state index is 12.7. The Morgan fingerprint density at radius 1 is 1.15 bits per heavy atom. The second-order valence-corrected chi connectivity index (χ2v) is 10.4. The summed E-state index contributed by atoms with van der Waals surface area (Å²) in [4.78, 5) is 24.4. The van der Waals surface area contributed by atoms with Crippen LogP contribution in [0.4, 0.5) is 0 Å². The minimum atomic E-state index is -0.733. The lowest BCUT2D eigenvalue weighted by atomic mass is 9.60. The topological polar surface area (TPSA) is 73.9 Å². The van der Waals surface area contributed by atoms with Crippen molar-refractivity contribution in [3.8, 4) is 0 Å². The zero-order valence-electron chi connectivity index (χ0n) is 18.7. The molecule has 0 aromatic carbocycles. The Kier molecular flexibility index (Phi) is 7.84. The lowest BCUT2D eigenvalue weighted by Gasteiger charge is -2.54. The smallest absolute Gasteiger partial charge is 0.226 e. The highest BCUT2D eigenvalue weighted by atomic mass is 28.2. The summed E-state index contributed by atoms with van der Waals surface area (Å²) >= 11 is 0. The highest BCUT2D eigenvalue weighted by molar-refractivity contribution is 5.98. The number of hydrogen-bond acceptors (Lipinski definition) is 5. The van der Waals surface area contributed by atoms with Crippen molar-refractivity contribution in [3.63, 3.8) is 0 Å². The van der Waals surface area contributed by atoms with E-state index in [1.165, 1.54) is 0 Å². The maximum Gasteiger partial charge on any atom is 0.226 e. The number of carbonyl (C=O) groups is 2. The predicted octanol–water partition coefficient (Wildman–Crippen LogP) is 1.63. The third-order valence-corrected chi connectivity index (χ3v) is 6.28. The lowest BCUT2D eigenvalue weighted by molar-refractivity contribution is -0.184. The predicted molar refractivity (Wildman–Crippen MR) is 110 cm³/mol. The van der Waals surface area contributed by atoms with Gasteiger partial charge in [0.15, 0.2) is 6.29 Å². The van der Waals surface area contributed by atoms with Gasteiger partial charge in [-0.25, -0.2) is 0 Å². The van der Waals surface area contributed by atoms with E-state index in [0.717, 1.165) is 6.29 Å². The fraction of sp³-hybridized carbons (Fsp3) is 0.900. The third-order valence-electron chi connectivity index (χ3n) is 5.23. The fourth-order valence-corrected chi connectivity index (χ4v) is 4.61. The summed E-state index contributed by atoms with van der Waals surface area (Å²) in [5.41, 5.74) is -1.10. The van der Waals surface area contributed by atoms with Gasteiger partial charge in [-0.2, -0.15) is 0 Å². The van der Waals surface area contributed by atoms with Gasteiger partial charge in [0, 0.05) is 12.5 Å². The molecule has 0 bridgehead atoms. The van der Waals surface area contributed by atoms with Gasteiger partial charge in [0.1, 0.15) is 22.7 Å². The highest BCUT2D eigenvalue weighted by Gasteiger charge is 2.57. The molecule has 1 N–H and O–H groups in total. The van der Waals surface area contributed by atoms with Gasteiger partial charge in [0.2, 0.25) is 5.91 Å². The average molecular weight is 402 g/mol. The summed E-state index contributed by atoms with van der Waals surface area (Å²) in [7, 11) is 0.582. The van der Waals surface area contributed by atoms with Gasteiger partial charge >= 0.3 is 0 Å². The van der Waals surface area contributed by atoms with Crippen molar-refractivity contribution < 1.29 is 23.5 Å². The van der Waals surface area contributed by atoms with Crippen molar-refractivity contribution in [1.82, 2.24) is 5.32 Å². The van der Waals surface area contributed by atoms with E-state index in [2.05, 4.69) is 26.1 Å². The molecule has 0 radical (unpaired) electrons. The van der Waals surface area contributed by atoms with Gasteiger partial charge in [0.05, 0.1) is 23.2 Å². The van der Waals surface area contributed by atoms with Crippen molar-refractivity contribution in [2.45, 2.75) is 91.8 Å². The number of nitrogens with one attached hydrogen (secondary N) is 1. The third kappa shape index (κ3) is 5.86. The molecule has 5 atom stereocenters. The van der Waals surface area contributed by atoms with Crippen LogP contribution in [0.25, 0.3) is 0 Å². The van der Waals surface area contributed by atoms with Crippen molar-refractivity contribution in [2.24, 2.45) is 17.3 Å². The van der Waals surface area contributed by atoms with Crippen LogP contribution in [0.15, 0.2) is 0 Å². The van der Waals surface area contributed by atoms with Crippen molar-refractivity contribution >= 4 is 22.7 Å². The highest BCUT2D eigenvalue weighted by Crippen LogP contribution is 2.46. The van der Waals surface area contributed by atoms with Crippen LogP contribution < -0.4 is 5.32 Å². The van der Waals surface area contributed by atoms with Gasteiger partial charge in [0.25, 0.3) is 0 Å². The molecule has 0 aliphatic carbocycles. The molecule has 6 nitrogen and oxygen atoms in total. The Bertz CT molecular complexity index is 523. The summed E-state index contributed by atoms with van der Waals surface area (Å²) < 4.78 is 17.8. The first-order valence-electron chi connectivity index (χ1n) is 9.79. The van der Waals surface area contributed by atoms with E-state index < -0.39 is 23.4 Å². The van der Waals surface area contributed by atoms with Crippen molar-refractivity contribution in [1.29, 1.82) is 0 Å². The molecule has 0 aromatic heterocycles. The quantitative estimate of drug-likeness (QED) is 0.361. The zero-order chi connectivity index (χ0) is 21.2. The number of rotatable bonds is 9. The molecule has 1 saturated heterocycles. The molecule has 1 aliphatic heterocycles. The molecule has 0 saturated carbocycles. The number of β-lactam (4-membered cyclic amide) rings is 1. The Morgan fingerprint density at radius 2 is 1.70 bits per heavy atom. The molecule has 1 aliphatic rings. The first-order chi connectivity index (χ1) is 12.2. The van der Waals surface area contributed by atoms with E-state index in [9.17, 15) is 9.59 Å². The van der Waals surface area contributed by atoms with E-state index >= 15 is 0 Å². The molecule has 27 heavy (non-hydrogen) atoms. The minimum Gasteiger partial charge on any atom is -0.423 e. The Morgan fingerprint density at radius 3 is 2.04 bits per heavy atom. The van der Waals surface area contributed by atoms with E-state index in [0.29, 0.717) is 17.1 Å². The van der Waals surface area contributed by atoms with E-state index in [-0.39, 0.29) is 29.2 Å². The van der Waals surface area contributed by atoms with Gasteiger partial charge in [-0.15, -0.1) is 0 Å². The molecule has 1 rings (SSSR count). The molecule has 1 amide bonds. The average Bonchev–Trinajstić information content (AvgIpc) is 2.51. The zero-order valence-corrected chi connectivity index (χ0v) is 20.7. The lowest BCUT2D eigenvalue weighted by Crippen LogP contribution is -2.72. The molecular formula is C20H39NO5Si. The van der Waals surface area contributed by atoms with Crippen molar-refractivity contribution in [3.05, 3.63) is 0 Å². The van der Waals surface area contributed by atoms with E-state index in [4.69, 9.17) is 13.9 Å². The molecule has 1 fully saturated rings. The van der Waals surface area contributed by atoms with Crippen LogP contribution in [-0.2, 0) is 23.5 Å². The largest absolute Gasteiger partial charge is 0.423 e. The molecular weight excluding hydrogens is 362 g/mol. The number of amides is 1. The van der Waals surface area contributed by atoms with Crippen LogP contribution in [0.2, 0.25) is 0 Å². The first-order valence-corrected chi connectivity index (χ1v) is 10.6. The van der Waals surface area contributed by atoms with Crippen LogP contribution >= 0.6 is 0 Å². The Hall–Kier alpha value is -0.763. The first kappa shape index (κ1) is 24.3. The summed E-state index contributed by atoms with van der Waals surface area (Å²) in [6.45, 7) is 18.5. The van der Waals surface area contributed by atoms with E-state index in [1.807, 2.05) is 41.5 Å². The molecule has 2 unspecified atom stereocenters. The Labute approximate surface area is 167 Å². The van der Waals surface area contributed by atoms with Gasteiger partial charge in [-0.05, 0) is 47.0 Å². The summed E-state index contributed by atoms with van der Waals surface area (Å²) in [6.07, 6.45) is -0.509. The second kappa shape index (κ2) is 8.72. The second-order valence-electron chi connectivity index (χ2n) is 9.96. The van der Waals surface area contributed by atoms with Gasteiger partial charge in [-0.1, -0.05) is 20.8 Å². The minimum absolute atomic E-state index is 0.0182. The Balaban J connectivity index is 3.33. The molecule has 7 heteroatoms. The van der Waals surface area contributed by atoms with Gasteiger partial charge in [-0.3, -0.25) is 4.79 Å². The van der Waals surface area contributed by atoms with Crippen LogP contribution in [-0.4, -0.2) is 58.7 Å². The summed E-state index contributed by atoms with van der Waals surface area (Å²) in [5, 5.41) is 2.99.